The number of hydrogen-bond acceptors (Lipinski definition) is 3. The van der Waals surface area contributed by atoms with Gasteiger partial charge in [0.2, 0.25) is 0 Å². The van der Waals surface area contributed by atoms with Crippen LogP contribution in [0.15, 0.2) is 0 Å². The Hall–Kier alpha value is -0.553. The molecule has 1 heterocycles. The number of amides is 1. The molecule has 1 N–H and O–H groups in total. The number of carbonyl (C=O) groups is 1. The predicted molar refractivity (Wildman–Crippen MR) is 82.2 cm³/mol. The third-order valence-corrected chi connectivity index (χ3v) is 6.75. The molecule has 1 unspecified atom stereocenters. The molecule has 4 nitrogen and oxygen atoms in total. The van der Waals surface area contributed by atoms with E-state index in [0.717, 1.165) is 25.9 Å². The highest BCUT2D eigenvalue weighted by molar-refractivity contribution is 6.78. The van der Waals surface area contributed by atoms with Crippen LogP contribution in [0.25, 0.3) is 0 Å². The van der Waals surface area contributed by atoms with Crippen molar-refractivity contribution in [2.45, 2.75) is 64.5 Å². The molecule has 1 aliphatic rings. The number of carbonyl (C=O) groups excluding carboxylic acids is 1. The van der Waals surface area contributed by atoms with E-state index in [1.165, 1.54) is 0 Å². The fourth-order valence-electron chi connectivity index (χ4n) is 3.54. The predicted octanol–water partition coefficient (Wildman–Crippen LogP) is 2.85. The maximum absolute atomic E-state index is 12.3. The Morgan fingerprint density at radius 1 is 1.32 bits per heavy atom. The summed E-state index contributed by atoms with van der Waals surface area (Å²) < 4.78 is 5.27. The molecule has 0 bridgehead atoms. The highest BCUT2D eigenvalue weighted by Crippen LogP contribution is 2.33. The number of piperazine rings is 1. The SMILES string of the molecule is CCOC(=O)N1CCNC(CC)(CC)C1[Si](C)(C)C. The Labute approximate surface area is 118 Å². The van der Waals surface area contributed by atoms with Gasteiger partial charge in [-0.3, -0.25) is 0 Å². The van der Waals surface area contributed by atoms with Crippen molar-refractivity contribution in [1.82, 2.24) is 10.2 Å². The van der Waals surface area contributed by atoms with Crippen LogP contribution in [0.1, 0.15) is 33.6 Å². The van der Waals surface area contributed by atoms with Crippen molar-refractivity contribution in [3.63, 3.8) is 0 Å². The van der Waals surface area contributed by atoms with Gasteiger partial charge in [0.15, 0.2) is 0 Å². The van der Waals surface area contributed by atoms with E-state index in [9.17, 15) is 4.79 Å². The van der Waals surface area contributed by atoms with Crippen LogP contribution in [0.2, 0.25) is 19.6 Å². The zero-order valence-corrected chi connectivity index (χ0v) is 14.4. The van der Waals surface area contributed by atoms with Crippen molar-refractivity contribution in [3.05, 3.63) is 0 Å². The topological polar surface area (TPSA) is 41.6 Å². The van der Waals surface area contributed by atoms with Crippen molar-refractivity contribution in [1.29, 1.82) is 0 Å². The van der Waals surface area contributed by atoms with Gasteiger partial charge in [-0.05, 0) is 19.8 Å². The van der Waals surface area contributed by atoms with Crippen molar-refractivity contribution in [2.75, 3.05) is 19.7 Å². The summed E-state index contributed by atoms with van der Waals surface area (Å²) in [5.74, 6) is 0. The summed E-state index contributed by atoms with van der Waals surface area (Å²) in [4.78, 5) is 14.3. The second-order valence-electron chi connectivity index (χ2n) is 6.45. The number of nitrogens with zero attached hydrogens (tertiary/aromatic N) is 1. The van der Waals surface area contributed by atoms with Crippen molar-refractivity contribution < 1.29 is 9.53 Å². The van der Waals surface area contributed by atoms with Gasteiger partial charge in [-0.25, -0.2) is 4.79 Å². The fourth-order valence-corrected chi connectivity index (χ4v) is 6.87. The molecule has 0 aliphatic carbocycles. The van der Waals surface area contributed by atoms with Crippen LogP contribution in [-0.4, -0.2) is 50.0 Å². The molecule has 1 fully saturated rings. The van der Waals surface area contributed by atoms with Crippen molar-refractivity contribution in [3.8, 4) is 0 Å². The minimum Gasteiger partial charge on any atom is -0.450 e. The summed E-state index contributed by atoms with van der Waals surface area (Å²) in [5.41, 5.74) is 0.345. The monoisotopic (exact) mass is 286 g/mol. The second-order valence-corrected chi connectivity index (χ2v) is 11.7. The standard InChI is InChI=1S/C14H30N2O2Si/c1-7-14(8-2)12(19(4,5)6)16(11-10-15-14)13(17)18-9-3/h12,15H,7-11H2,1-6H3. The van der Waals surface area contributed by atoms with E-state index in [-0.39, 0.29) is 11.6 Å². The number of hydrogen-bond donors (Lipinski definition) is 1. The summed E-state index contributed by atoms with van der Waals surface area (Å²) in [6, 6.07) is 0. The highest BCUT2D eigenvalue weighted by atomic mass is 28.3. The van der Waals surface area contributed by atoms with Crippen LogP contribution in [0.5, 0.6) is 0 Å². The van der Waals surface area contributed by atoms with Gasteiger partial charge in [0.1, 0.15) is 0 Å². The lowest BCUT2D eigenvalue weighted by Gasteiger charge is -2.54. The van der Waals surface area contributed by atoms with Crippen LogP contribution < -0.4 is 5.32 Å². The molecule has 19 heavy (non-hydrogen) atoms. The molecule has 0 saturated carbocycles. The highest BCUT2D eigenvalue weighted by Gasteiger charge is 2.50. The molecular formula is C14H30N2O2Si. The minimum absolute atomic E-state index is 0.0511. The molecule has 1 saturated heterocycles. The van der Waals surface area contributed by atoms with Gasteiger partial charge in [0.25, 0.3) is 0 Å². The maximum atomic E-state index is 12.3. The van der Waals surface area contributed by atoms with E-state index < -0.39 is 8.07 Å². The summed E-state index contributed by atoms with van der Waals surface area (Å²) in [6.45, 7) is 15.4. The van der Waals surface area contributed by atoms with Gasteiger partial charge in [-0.2, -0.15) is 0 Å². The smallest absolute Gasteiger partial charge is 0.409 e. The van der Waals surface area contributed by atoms with E-state index in [1.54, 1.807) is 0 Å². The first-order valence-electron chi connectivity index (χ1n) is 7.50. The van der Waals surface area contributed by atoms with E-state index in [4.69, 9.17) is 4.74 Å². The zero-order chi connectivity index (χ0) is 14.7. The van der Waals surface area contributed by atoms with E-state index in [0.29, 0.717) is 12.3 Å². The van der Waals surface area contributed by atoms with Gasteiger partial charge in [0, 0.05) is 24.3 Å². The molecule has 5 heteroatoms. The number of rotatable bonds is 4. The van der Waals surface area contributed by atoms with Gasteiger partial charge >= 0.3 is 6.09 Å². The lowest BCUT2D eigenvalue weighted by atomic mass is 9.89. The van der Waals surface area contributed by atoms with Gasteiger partial charge < -0.3 is 15.0 Å². The van der Waals surface area contributed by atoms with Gasteiger partial charge in [-0.1, -0.05) is 33.5 Å². The van der Waals surface area contributed by atoms with Crippen molar-refractivity contribution in [2.24, 2.45) is 0 Å². The molecule has 1 atom stereocenters. The summed E-state index contributed by atoms with van der Waals surface area (Å²) in [6.07, 6.45) is 1.96. The fraction of sp³-hybridized carbons (Fsp3) is 0.929. The summed E-state index contributed by atoms with van der Waals surface area (Å²) in [5, 5.41) is 3.70. The lowest BCUT2D eigenvalue weighted by molar-refractivity contribution is 0.0571. The average Bonchev–Trinajstić information content (AvgIpc) is 2.36. The van der Waals surface area contributed by atoms with Crippen molar-refractivity contribution >= 4 is 14.2 Å². The Kier molecular flexibility index (Phi) is 5.44. The van der Waals surface area contributed by atoms with Gasteiger partial charge in [0.05, 0.1) is 14.7 Å². The molecule has 1 rings (SSSR count). The zero-order valence-electron chi connectivity index (χ0n) is 13.4. The third-order valence-electron chi connectivity index (χ3n) is 4.25. The van der Waals surface area contributed by atoms with Crippen LogP contribution in [0, 0.1) is 0 Å². The van der Waals surface area contributed by atoms with Crippen LogP contribution in [0.3, 0.4) is 0 Å². The summed E-state index contributed by atoms with van der Waals surface area (Å²) in [7, 11) is -1.53. The van der Waals surface area contributed by atoms with E-state index in [2.05, 4.69) is 38.8 Å². The number of nitrogens with one attached hydrogen (secondary N) is 1. The Bertz CT molecular complexity index is 311. The largest absolute Gasteiger partial charge is 0.450 e. The Morgan fingerprint density at radius 2 is 1.89 bits per heavy atom. The maximum Gasteiger partial charge on any atom is 0.409 e. The molecule has 1 amide bonds. The Balaban J connectivity index is 3.12. The molecule has 0 radical (unpaired) electrons. The molecular weight excluding hydrogens is 256 g/mol. The molecule has 112 valence electrons. The van der Waals surface area contributed by atoms with E-state index >= 15 is 0 Å². The lowest BCUT2D eigenvalue weighted by Crippen LogP contribution is -2.74. The first-order chi connectivity index (χ1) is 8.82. The Morgan fingerprint density at radius 3 is 2.32 bits per heavy atom. The first-order valence-corrected chi connectivity index (χ1v) is 11.1. The summed E-state index contributed by atoms with van der Waals surface area (Å²) >= 11 is 0. The quantitative estimate of drug-likeness (QED) is 0.808. The van der Waals surface area contributed by atoms with Crippen LogP contribution in [-0.2, 0) is 4.74 Å². The molecule has 0 aromatic heterocycles. The number of ether oxygens (including phenoxy) is 1. The molecule has 1 aliphatic heterocycles. The second kappa shape index (κ2) is 6.26. The van der Waals surface area contributed by atoms with Crippen LogP contribution >= 0.6 is 0 Å². The van der Waals surface area contributed by atoms with Crippen LogP contribution in [0.4, 0.5) is 4.79 Å². The normalized spacial score (nSPS) is 23.3. The molecule has 0 spiro atoms. The molecule has 0 aromatic carbocycles. The minimum atomic E-state index is -1.53. The first kappa shape index (κ1) is 16.5. The van der Waals surface area contributed by atoms with Gasteiger partial charge in [-0.15, -0.1) is 0 Å². The average molecular weight is 286 g/mol. The molecule has 0 aromatic rings. The van der Waals surface area contributed by atoms with E-state index in [1.807, 2.05) is 11.8 Å². The third kappa shape index (κ3) is 3.31.